The van der Waals surface area contributed by atoms with Crippen LogP contribution in [-0.2, 0) is 0 Å². The average Bonchev–Trinajstić information content (AvgIpc) is 2.91. The van der Waals surface area contributed by atoms with Crippen LogP contribution in [0.25, 0.3) is 0 Å². The monoisotopic (exact) mass is 261 g/mol. The van der Waals surface area contributed by atoms with Gasteiger partial charge in [0.2, 0.25) is 0 Å². The van der Waals surface area contributed by atoms with Crippen molar-refractivity contribution >= 4 is 0 Å². The van der Waals surface area contributed by atoms with Crippen molar-refractivity contribution in [1.82, 2.24) is 4.90 Å². The van der Waals surface area contributed by atoms with Crippen LogP contribution in [0.1, 0.15) is 49.8 Å². The topological polar surface area (TPSA) is 32.7 Å². The Labute approximate surface area is 115 Å². The number of rotatable bonds is 2. The van der Waals surface area contributed by atoms with Gasteiger partial charge in [0.25, 0.3) is 0 Å². The van der Waals surface area contributed by atoms with Crippen LogP contribution < -0.4 is 4.74 Å². The summed E-state index contributed by atoms with van der Waals surface area (Å²) in [6.45, 7) is 6.97. The van der Waals surface area contributed by atoms with Crippen molar-refractivity contribution in [3.8, 4) is 5.75 Å². The Hall–Kier alpha value is -1.06. The molecule has 3 nitrogen and oxygen atoms in total. The van der Waals surface area contributed by atoms with Crippen LogP contribution in [0.3, 0.4) is 0 Å². The van der Waals surface area contributed by atoms with E-state index >= 15 is 0 Å². The number of likely N-dealkylation sites (tertiary alicyclic amines) is 1. The highest BCUT2D eigenvalue weighted by Gasteiger charge is 2.36. The number of ether oxygens (including phenoxy) is 1. The van der Waals surface area contributed by atoms with Crippen molar-refractivity contribution in [3.05, 3.63) is 29.3 Å². The summed E-state index contributed by atoms with van der Waals surface area (Å²) < 4.78 is 5.84. The average molecular weight is 261 g/mol. The van der Waals surface area contributed by atoms with Crippen molar-refractivity contribution < 1.29 is 9.84 Å². The molecule has 0 aromatic heterocycles. The van der Waals surface area contributed by atoms with Gasteiger partial charge in [-0.15, -0.1) is 0 Å². The molecule has 0 saturated carbocycles. The van der Waals surface area contributed by atoms with E-state index < -0.39 is 6.10 Å². The molecule has 104 valence electrons. The second kappa shape index (κ2) is 5.14. The van der Waals surface area contributed by atoms with E-state index in [4.69, 9.17) is 4.74 Å². The maximum absolute atomic E-state index is 10.3. The molecule has 1 fully saturated rings. The standard InChI is InChI=1S/C16H23NO2/c1-11(2)12-6-5-7-13-15(17-8-3-4-9-17)14(18)10-19-16(12)13/h5-7,11,14-15,18H,3-4,8-10H2,1-2H3. The summed E-state index contributed by atoms with van der Waals surface area (Å²) in [6, 6.07) is 6.47. The second-order valence-corrected chi connectivity index (χ2v) is 5.99. The quantitative estimate of drug-likeness (QED) is 0.888. The minimum absolute atomic E-state index is 0.116. The predicted octanol–water partition coefficient (Wildman–Crippen LogP) is 2.70. The molecule has 0 radical (unpaired) electrons. The fraction of sp³-hybridized carbons (Fsp3) is 0.625. The van der Waals surface area contributed by atoms with Crippen molar-refractivity contribution in [2.24, 2.45) is 0 Å². The van der Waals surface area contributed by atoms with Gasteiger partial charge in [0.05, 0.1) is 6.04 Å². The zero-order valence-corrected chi connectivity index (χ0v) is 11.8. The van der Waals surface area contributed by atoms with Gasteiger partial charge in [-0.05, 0) is 37.4 Å². The van der Waals surface area contributed by atoms with Gasteiger partial charge in [0.1, 0.15) is 18.5 Å². The first-order valence-electron chi connectivity index (χ1n) is 7.36. The fourth-order valence-corrected chi connectivity index (χ4v) is 3.35. The highest BCUT2D eigenvalue weighted by molar-refractivity contribution is 5.46. The highest BCUT2D eigenvalue weighted by atomic mass is 16.5. The first-order chi connectivity index (χ1) is 9.18. The molecule has 0 amide bonds. The minimum Gasteiger partial charge on any atom is -0.490 e. The molecule has 3 rings (SSSR count). The smallest absolute Gasteiger partial charge is 0.127 e. The van der Waals surface area contributed by atoms with Crippen LogP contribution in [0, 0.1) is 0 Å². The van der Waals surface area contributed by atoms with E-state index in [9.17, 15) is 5.11 Å². The molecule has 2 unspecified atom stereocenters. The molecule has 2 heterocycles. The number of nitrogens with zero attached hydrogens (tertiary/aromatic N) is 1. The molecule has 1 saturated heterocycles. The first kappa shape index (κ1) is 12.9. The van der Waals surface area contributed by atoms with E-state index in [0.29, 0.717) is 12.5 Å². The van der Waals surface area contributed by atoms with Gasteiger partial charge in [-0.3, -0.25) is 4.90 Å². The molecule has 2 aliphatic rings. The molecule has 1 aromatic rings. The summed E-state index contributed by atoms with van der Waals surface area (Å²) >= 11 is 0. The Morgan fingerprint density at radius 2 is 2.00 bits per heavy atom. The van der Waals surface area contributed by atoms with Gasteiger partial charge in [-0.25, -0.2) is 0 Å². The molecule has 1 N–H and O–H groups in total. The van der Waals surface area contributed by atoms with Gasteiger partial charge >= 0.3 is 0 Å². The summed E-state index contributed by atoms with van der Waals surface area (Å²) in [5.74, 6) is 1.46. The van der Waals surface area contributed by atoms with Crippen LogP contribution >= 0.6 is 0 Å². The minimum atomic E-state index is -0.409. The number of hydrogen-bond acceptors (Lipinski definition) is 3. The number of fused-ring (bicyclic) bond motifs is 1. The molecular formula is C16H23NO2. The van der Waals surface area contributed by atoms with Crippen molar-refractivity contribution in [1.29, 1.82) is 0 Å². The molecule has 2 atom stereocenters. The summed E-state index contributed by atoms with van der Waals surface area (Å²) in [5.41, 5.74) is 2.43. The maximum atomic E-state index is 10.3. The van der Waals surface area contributed by atoms with Crippen molar-refractivity contribution in [3.63, 3.8) is 0 Å². The molecule has 0 spiro atoms. The van der Waals surface area contributed by atoms with E-state index in [1.165, 1.54) is 24.0 Å². The maximum Gasteiger partial charge on any atom is 0.127 e. The molecule has 2 aliphatic heterocycles. The third kappa shape index (κ3) is 2.26. The largest absolute Gasteiger partial charge is 0.490 e. The number of para-hydroxylation sites is 1. The van der Waals surface area contributed by atoms with E-state index in [2.05, 4.69) is 36.9 Å². The van der Waals surface area contributed by atoms with Crippen LogP contribution in [0.15, 0.2) is 18.2 Å². The second-order valence-electron chi connectivity index (χ2n) is 5.99. The van der Waals surface area contributed by atoms with Crippen LogP contribution in [0.5, 0.6) is 5.75 Å². The Kier molecular flexibility index (Phi) is 3.50. The Morgan fingerprint density at radius 1 is 1.26 bits per heavy atom. The molecule has 3 heteroatoms. The van der Waals surface area contributed by atoms with Gasteiger partial charge in [-0.1, -0.05) is 32.0 Å². The zero-order chi connectivity index (χ0) is 13.4. The lowest BCUT2D eigenvalue weighted by molar-refractivity contribution is 0.00822. The SMILES string of the molecule is CC(C)c1cccc2c1OCC(O)C2N1CCCC1. The van der Waals surface area contributed by atoms with Crippen LogP contribution in [0.2, 0.25) is 0 Å². The lowest BCUT2D eigenvalue weighted by atomic mass is 9.91. The summed E-state index contributed by atoms with van der Waals surface area (Å²) in [4.78, 5) is 2.41. The fourth-order valence-electron chi connectivity index (χ4n) is 3.35. The lowest BCUT2D eigenvalue weighted by Gasteiger charge is -2.37. The Morgan fingerprint density at radius 3 is 2.68 bits per heavy atom. The van der Waals surface area contributed by atoms with Crippen LogP contribution in [-0.4, -0.2) is 35.8 Å². The van der Waals surface area contributed by atoms with Crippen LogP contribution in [0.4, 0.5) is 0 Å². The van der Waals surface area contributed by atoms with Gasteiger partial charge in [0, 0.05) is 5.56 Å². The molecule has 0 bridgehead atoms. The predicted molar refractivity (Wildman–Crippen MR) is 75.6 cm³/mol. The van der Waals surface area contributed by atoms with Gasteiger partial charge in [-0.2, -0.15) is 0 Å². The molecule has 0 aliphatic carbocycles. The third-order valence-electron chi connectivity index (χ3n) is 4.31. The van der Waals surface area contributed by atoms with Crippen molar-refractivity contribution in [2.45, 2.75) is 44.8 Å². The Balaban J connectivity index is 2.02. The van der Waals surface area contributed by atoms with Gasteiger partial charge < -0.3 is 9.84 Å². The zero-order valence-electron chi connectivity index (χ0n) is 11.8. The summed E-state index contributed by atoms with van der Waals surface area (Å²) in [7, 11) is 0. The normalized spacial score (nSPS) is 27.4. The van der Waals surface area contributed by atoms with E-state index in [0.717, 1.165) is 18.8 Å². The molecule has 19 heavy (non-hydrogen) atoms. The van der Waals surface area contributed by atoms with Crippen molar-refractivity contribution in [2.75, 3.05) is 19.7 Å². The van der Waals surface area contributed by atoms with E-state index in [1.54, 1.807) is 0 Å². The summed E-state index contributed by atoms with van der Waals surface area (Å²) in [6.07, 6.45) is 2.07. The van der Waals surface area contributed by atoms with E-state index in [1.807, 2.05) is 0 Å². The molecular weight excluding hydrogens is 238 g/mol. The Bertz CT molecular complexity index is 452. The molecule has 1 aromatic carbocycles. The number of hydrogen-bond donors (Lipinski definition) is 1. The number of aliphatic hydroxyl groups is 1. The number of aliphatic hydroxyl groups excluding tert-OH is 1. The van der Waals surface area contributed by atoms with Gasteiger partial charge in [0.15, 0.2) is 0 Å². The number of benzene rings is 1. The summed E-state index contributed by atoms with van der Waals surface area (Å²) in [5, 5.41) is 10.3. The van der Waals surface area contributed by atoms with E-state index in [-0.39, 0.29) is 6.04 Å². The highest BCUT2D eigenvalue weighted by Crippen LogP contribution is 2.41. The lowest BCUT2D eigenvalue weighted by Crippen LogP contribution is -2.41. The first-order valence-corrected chi connectivity index (χ1v) is 7.36. The third-order valence-corrected chi connectivity index (χ3v) is 4.31.